The van der Waals surface area contributed by atoms with Crippen LogP contribution in [0.25, 0.3) is 10.2 Å². The van der Waals surface area contributed by atoms with E-state index in [2.05, 4.69) is 51.4 Å². The van der Waals surface area contributed by atoms with Crippen LogP contribution in [0.1, 0.15) is 34.4 Å². The molecule has 1 atom stereocenters. The number of carbonyl (C=O) groups excluding carboxylic acids is 1. The molecule has 3 aromatic rings. The first-order valence-corrected chi connectivity index (χ1v) is 12.9. The smallest absolute Gasteiger partial charge is 0.225 e. The Kier molecular flexibility index (Phi) is 6.71. The van der Waals surface area contributed by atoms with Crippen molar-refractivity contribution in [3.8, 4) is 5.75 Å². The number of anilines is 2. The number of hydrogen-bond acceptors (Lipinski definition) is 8. The number of rotatable bonds is 8. The van der Waals surface area contributed by atoms with Gasteiger partial charge in [-0.2, -0.15) is 0 Å². The van der Waals surface area contributed by atoms with Crippen LogP contribution in [0.15, 0.2) is 23.5 Å². The zero-order valence-corrected chi connectivity index (χ0v) is 21.6. The third-order valence-corrected chi connectivity index (χ3v) is 7.79. The van der Waals surface area contributed by atoms with Gasteiger partial charge in [0.15, 0.2) is 0 Å². The highest BCUT2D eigenvalue weighted by atomic mass is 32.1. The standard InChI is InChI=1S/C26H32N6O2S/c1-31(2)8-5-9-34-21-11-18-14-27-13-17(18)10-20(21)30-24-23-19-7-6-16(26(33)32(3)4)12-22(19)35-25(23)29-15-28-24/h10-11,13,15-16H,5-9,12,14H2,1-4H3,(H,28,29,30)/t16-/m0/s1. The number of fused-ring (bicyclic) bond motifs is 4. The predicted octanol–water partition coefficient (Wildman–Crippen LogP) is 3.89. The lowest BCUT2D eigenvalue weighted by molar-refractivity contribution is -0.133. The van der Waals surface area contributed by atoms with E-state index in [9.17, 15) is 4.79 Å². The van der Waals surface area contributed by atoms with E-state index in [1.807, 2.05) is 20.3 Å². The number of amides is 1. The van der Waals surface area contributed by atoms with Crippen LogP contribution in [0.2, 0.25) is 0 Å². The van der Waals surface area contributed by atoms with Gasteiger partial charge >= 0.3 is 0 Å². The van der Waals surface area contributed by atoms with E-state index in [-0.39, 0.29) is 11.8 Å². The quantitative estimate of drug-likeness (QED) is 0.481. The molecule has 1 aliphatic heterocycles. The van der Waals surface area contributed by atoms with Gasteiger partial charge in [0, 0.05) is 37.6 Å². The van der Waals surface area contributed by atoms with Crippen molar-refractivity contribution in [1.82, 2.24) is 19.8 Å². The van der Waals surface area contributed by atoms with Crippen LogP contribution in [0.3, 0.4) is 0 Å². The monoisotopic (exact) mass is 492 g/mol. The summed E-state index contributed by atoms with van der Waals surface area (Å²) in [6, 6.07) is 4.20. The topological polar surface area (TPSA) is 82.9 Å². The summed E-state index contributed by atoms with van der Waals surface area (Å²) >= 11 is 1.68. The molecule has 35 heavy (non-hydrogen) atoms. The maximum atomic E-state index is 12.6. The molecule has 5 rings (SSSR count). The zero-order valence-electron chi connectivity index (χ0n) is 20.8. The molecule has 0 unspecified atom stereocenters. The van der Waals surface area contributed by atoms with E-state index in [1.165, 1.54) is 16.0 Å². The second-order valence-corrected chi connectivity index (χ2v) is 10.8. The summed E-state index contributed by atoms with van der Waals surface area (Å²) in [6.45, 7) is 2.30. The lowest BCUT2D eigenvalue weighted by atomic mass is 9.87. The summed E-state index contributed by atoms with van der Waals surface area (Å²) in [4.78, 5) is 32.3. The molecule has 1 N–H and O–H groups in total. The highest BCUT2D eigenvalue weighted by Gasteiger charge is 2.30. The van der Waals surface area contributed by atoms with E-state index in [1.54, 1.807) is 22.6 Å². The van der Waals surface area contributed by atoms with Crippen LogP contribution < -0.4 is 10.1 Å². The van der Waals surface area contributed by atoms with Gasteiger partial charge in [-0.15, -0.1) is 11.3 Å². The number of hydrogen-bond donors (Lipinski definition) is 1. The van der Waals surface area contributed by atoms with E-state index in [4.69, 9.17) is 4.74 Å². The van der Waals surface area contributed by atoms with Crippen LogP contribution in [-0.2, 0) is 24.2 Å². The highest BCUT2D eigenvalue weighted by Crippen LogP contribution is 2.42. The van der Waals surface area contributed by atoms with E-state index in [0.29, 0.717) is 13.2 Å². The molecule has 0 spiro atoms. The average Bonchev–Trinajstić information content (AvgIpc) is 3.44. The first-order valence-electron chi connectivity index (χ1n) is 12.1. The highest BCUT2D eigenvalue weighted by molar-refractivity contribution is 7.19. The van der Waals surface area contributed by atoms with Crippen LogP contribution in [0.4, 0.5) is 11.5 Å². The molecule has 1 aliphatic carbocycles. The van der Waals surface area contributed by atoms with Crippen molar-refractivity contribution in [3.63, 3.8) is 0 Å². The van der Waals surface area contributed by atoms with E-state index < -0.39 is 0 Å². The molecule has 2 aromatic heterocycles. The number of thiophene rings is 1. The van der Waals surface area contributed by atoms with Gasteiger partial charge in [-0.3, -0.25) is 9.79 Å². The van der Waals surface area contributed by atoms with Crippen molar-refractivity contribution in [3.05, 3.63) is 40.0 Å². The molecule has 0 radical (unpaired) electrons. The molecule has 1 aromatic carbocycles. The zero-order chi connectivity index (χ0) is 24.5. The number of aromatic nitrogens is 2. The minimum absolute atomic E-state index is 0.0353. The molecule has 0 bridgehead atoms. The molecular formula is C26H32N6O2S. The molecule has 3 heterocycles. The lowest BCUT2D eigenvalue weighted by Crippen LogP contribution is -2.32. The molecule has 0 saturated carbocycles. The normalized spacial score (nSPS) is 16.4. The van der Waals surface area contributed by atoms with Crippen molar-refractivity contribution < 1.29 is 9.53 Å². The number of aliphatic imine (C=N–C) groups is 1. The lowest BCUT2D eigenvalue weighted by Gasteiger charge is -2.24. The molecular weight excluding hydrogens is 460 g/mol. The third-order valence-electron chi connectivity index (χ3n) is 6.63. The second-order valence-electron chi connectivity index (χ2n) is 9.73. The number of carbonyl (C=O) groups is 1. The third kappa shape index (κ3) is 4.88. The second kappa shape index (κ2) is 9.91. The summed E-state index contributed by atoms with van der Waals surface area (Å²) in [5.41, 5.74) is 4.44. The molecule has 8 nitrogen and oxygen atoms in total. The van der Waals surface area contributed by atoms with E-state index in [0.717, 1.165) is 65.3 Å². The van der Waals surface area contributed by atoms with Gasteiger partial charge in [0.05, 0.1) is 24.2 Å². The maximum Gasteiger partial charge on any atom is 0.225 e. The Morgan fingerprint density at radius 1 is 1.23 bits per heavy atom. The van der Waals surface area contributed by atoms with Crippen LogP contribution in [0, 0.1) is 5.92 Å². The first-order chi connectivity index (χ1) is 16.9. The minimum atomic E-state index is 0.0353. The van der Waals surface area contributed by atoms with Gasteiger partial charge in [-0.05, 0) is 68.6 Å². The first kappa shape index (κ1) is 23.7. The fraction of sp³-hybridized carbons (Fsp3) is 0.462. The number of benzene rings is 1. The van der Waals surface area contributed by atoms with Crippen molar-refractivity contribution in [1.29, 1.82) is 0 Å². The number of nitrogens with one attached hydrogen (secondary N) is 1. The fourth-order valence-electron chi connectivity index (χ4n) is 4.83. The van der Waals surface area contributed by atoms with Crippen molar-refractivity contribution >= 4 is 45.2 Å². The fourth-order valence-corrected chi connectivity index (χ4v) is 6.09. The Labute approximate surface area is 210 Å². The summed E-state index contributed by atoms with van der Waals surface area (Å²) in [7, 11) is 7.80. The van der Waals surface area contributed by atoms with Crippen LogP contribution in [0.5, 0.6) is 5.75 Å². The molecule has 1 amide bonds. The summed E-state index contributed by atoms with van der Waals surface area (Å²) < 4.78 is 6.23. The SMILES string of the molecule is CN(C)CCCOc1cc2c(cc1Nc1ncnc3sc4c(c13)CC[C@H](C(=O)N(C)C)C4)C=NC2. The Morgan fingerprint density at radius 3 is 2.89 bits per heavy atom. The average molecular weight is 493 g/mol. The van der Waals surface area contributed by atoms with Gasteiger partial charge in [0.25, 0.3) is 0 Å². The largest absolute Gasteiger partial charge is 0.491 e. The summed E-state index contributed by atoms with van der Waals surface area (Å²) in [5, 5.41) is 4.63. The van der Waals surface area contributed by atoms with Gasteiger partial charge in [0.1, 0.15) is 22.7 Å². The Balaban J connectivity index is 1.45. The van der Waals surface area contributed by atoms with Crippen LogP contribution >= 0.6 is 11.3 Å². The van der Waals surface area contributed by atoms with Crippen molar-refractivity contribution in [2.75, 3.05) is 46.7 Å². The molecule has 0 fully saturated rings. The Bertz CT molecular complexity index is 1280. The number of nitrogens with zero attached hydrogens (tertiary/aromatic N) is 5. The van der Waals surface area contributed by atoms with Crippen molar-refractivity contribution in [2.24, 2.45) is 10.9 Å². The number of aryl methyl sites for hydroxylation is 1. The van der Waals surface area contributed by atoms with Gasteiger partial charge in [-0.25, -0.2) is 9.97 Å². The number of ether oxygens (including phenoxy) is 1. The molecule has 9 heteroatoms. The molecule has 0 saturated heterocycles. The van der Waals surface area contributed by atoms with Gasteiger partial charge in [-0.1, -0.05) is 0 Å². The Hall–Kier alpha value is -3.04. The Morgan fingerprint density at radius 2 is 2.09 bits per heavy atom. The predicted molar refractivity (Wildman–Crippen MR) is 141 cm³/mol. The molecule has 2 aliphatic rings. The molecule has 184 valence electrons. The van der Waals surface area contributed by atoms with Gasteiger partial charge in [0.2, 0.25) is 5.91 Å². The van der Waals surface area contributed by atoms with Crippen LogP contribution in [-0.4, -0.2) is 73.2 Å². The minimum Gasteiger partial charge on any atom is -0.491 e. The maximum absolute atomic E-state index is 12.6. The van der Waals surface area contributed by atoms with Crippen molar-refractivity contribution in [2.45, 2.75) is 32.2 Å². The van der Waals surface area contributed by atoms with E-state index >= 15 is 0 Å². The van der Waals surface area contributed by atoms with Gasteiger partial charge < -0.3 is 19.9 Å². The summed E-state index contributed by atoms with van der Waals surface area (Å²) in [6.07, 6.45) is 6.94. The summed E-state index contributed by atoms with van der Waals surface area (Å²) in [5.74, 6) is 1.85.